The summed E-state index contributed by atoms with van der Waals surface area (Å²) in [6.45, 7) is 3.70. The molecule has 1 aliphatic rings. The highest BCUT2D eigenvalue weighted by Crippen LogP contribution is 2.29. The molecule has 1 heterocycles. The van der Waals surface area contributed by atoms with Crippen molar-refractivity contribution >= 4 is 47.2 Å². The summed E-state index contributed by atoms with van der Waals surface area (Å²) in [6, 6.07) is 15.9. The molecule has 0 bridgehead atoms. The molecule has 9 heteroatoms. The number of hydrogen-bond acceptors (Lipinski definition) is 5. The summed E-state index contributed by atoms with van der Waals surface area (Å²) in [7, 11) is 4.89. The van der Waals surface area contributed by atoms with E-state index in [1.54, 1.807) is 21.3 Å². The van der Waals surface area contributed by atoms with Gasteiger partial charge in [-0.15, -0.1) is 24.0 Å². The molecule has 8 nitrogen and oxygen atoms in total. The van der Waals surface area contributed by atoms with Crippen LogP contribution in [0, 0.1) is 0 Å². The van der Waals surface area contributed by atoms with Gasteiger partial charge < -0.3 is 29.9 Å². The number of methoxy groups -OCH3 is 2. The van der Waals surface area contributed by atoms with Crippen molar-refractivity contribution in [3.63, 3.8) is 0 Å². The minimum absolute atomic E-state index is 0. The molecule has 0 unspecified atom stereocenters. The van der Waals surface area contributed by atoms with Crippen molar-refractivity contribution < 1.29 is 14.3 Å². The standard InChI is InChI=1S/C23H31N5O3.HI/c1-24-23(26-18-9-10-20(30-2)21(17-18)31-3)25-12-11-22(29)28-15-13-27(14-16-28)19-7-5-4-6-8-19;/h4-10,17H,11-16H2,1-3H3,(H2,24,25,26);1H. The number of carbonyl (C=O) groups excluding carboxylic acids is 1. The molecule has 32 heavy (non-hydrogen) atoms. The minimum atomic E-state index is 0. The number of carbonyl (C=O) groups is 1. The number of nitrogens with zero attached hydrogens (tertiary/aromatic N) is 3. The summed E-state index contributed by atoms with van der Waals surface area (Å²) in [4.78, 5) is 21.1. The topological polar surface area (TPSA) is 78.4 Å². The highest BCUT2D eigenvalue weighted by atomic mass is 127. The monoisotopic (exact) mass is 553 g/mol. The van der Waals surface area contributed by atoms with Gasteiger partial charge in [0, 0.05) is 63.6 Å². The molecule has 0 aliphatic carbocycles. The second-order valence-corrected chi connectivity index (χ2v) is 7.15. The Labute approximate surface area is 207 Å². The van der Waals surface area contributed by atoms with Crippen LogP contribution in [0.5, 0.6) is 11.5 Å². The third kappa shape index (κ3) is 6.91. The summed E-state index contributed by atoms with van der Waals surface area (Å²) in [5, 5.41) is 6.40. The van der Waals surface area contributed by atoms with Crippen LogP contribution in [0.4, 0.5) is 11.4 Å². The van der Waals surface area contributed by atoms with Crippen LogP contribution < -0.4 is 25.0 Å². The Bertz CT molecular complexity index is 886. The number of rotatable bonds is 7. The van der Waals surface area contributed by atoms with E-state index in [1.807, 2.05) is 41.3 Å². The zero-order valence-electron chi connectivity index (χ0n) is 18.8. The first kappa shape index (κ1) is 25.6. The first-order valence-electron chi connectivity index (χ1n) is 10.4. The Hall–Kier alpha value is -2.69. The predicted molar refractivity (Wildman–Crippen MR) is 140 cm³/mol. The van der Waals surface area contributed by atoms with Crippen LogP contribution in [0.2, 0.25) is 0 Å². The predicted octanol–water partition coefficient (Wildman–Crippen LogP) is 3.05. The SMILES string of the molecule is CN=C(NCCC(=O)N1CCN(c2ccccc2)CC1)Nc1ccc(OC)c(OC)c1.I. The lowest BCUT2D eigenvalue weighted by Gasteiger charge is -2.36. The van der Waals surface area contributed by atoms with Crippen molar-refractivity contribution in [3.05, 3.63) is 48.5 Å². The number of guanidine groups is 1. The first-order valence-corrected chi connectivity index (χ1v) is 10.4. The van der Waals surface area contributed by atoms with Crippen molar-refractivity contribution in [2.75, 3.05) is 64.2 Å². The van der Waals surface area contributed by atoms with Crippen LogP contribution in [-0.4, -0.2) is 70.8 Å². The molecule has 1 saturated heterocycles. The van der Waals surface area contributed by atoms with Crippen LogP contribution in [0.25, 0.3) is 0 Å². The molecule has 1 amide bonds. The van der Waals surface area contributed by atoms with E-state index in [0.29, 0.717) is 30.4 Å². The van der Waals surface area contributed by atoms with E-state index in [1.165, 1.54) is 5.69 Å². The largest absolute Gasteiger partial charge is 0.493 e. The number of piperazine rings is 1. The Morgan fingerprint density at radius 2 is 1.69 bits per heavy atom. The smallest absolute Gasteiger partial charge is 0.224 e. The fourth-order valence-corrected chi connectivity index (χ4v) is 3.53. The molecule has 0 aromatic heterocycles. The molecular formula is C23H32IN5O3. The van der Waals surface area contributed by atoms with E-state index in [-0.39, 0.29) is 29.9 Å². The quantitative estimate of drug-likeness (QED) is 0.312. The third-order valence-electron chi connectivity index (χ3n) is 5.25. The van der Waals surface area contributed by atoms with Crippen LogP contribution >= 0.6 is 24.0 Å². The lowest BCUT2D eigenvalue weighted by molar-refractivity contribution is -0.131. The number of hydrogen-bond donors (Lipinski definition) is 2. The average molecular weight is 553 g/mol. The van der Waals surface area contributed by atoms with E-state index in [4.69, 9.17) is 9.47 Å². The van der Waals surface area contributed by atoms with Crippen LogP contribution in [0.15, 0.2) is 53.5 Å². The Morgan fingerprint density at radius 1 is 1.00 bits per heavy atom. The van der Waals surface area contributed by atoms with Crippen LogP contribution in [0.1, 0.15) is 6.42 Å². The summed E-state index contributed by atoms with van der Waals surface area (Å²) in [6.07, 6.45) is 0.415. The number of ether oxygens (including phenoxy) is 2. The second kappa shape index (κ2) is 13.0. The number of nitrogens with one attached hydrogen (secondary N) is 2. The van der Waals surface area contributed by atoms with Gasteiger partial charge in [-0.1, -0.05) is 18.2 Å². The van der Waals surface area contributed by atoms with Gasteiger partial charge in [0.05, 0.1) is 14.2 Å². The zero-order valence-corrected chi connectivity index (χ0v) is 21.2. The number of para-hydroxylation sites is 1. The van der Waals surface area contributed by atoms with E-state index in [2.05, 4.69) is 32.7 Å². The molecule has 0 radical (unpaired) electrons. The van der Waals surface area contributed by atoms with Gasteiger partial charge in [-0.2, -0.15) is 0 Å². The number of anilines is 2. The summed E-state index contributed by atoms with van der Waals surface area (Å²) in [5.41, 5.74) is 2.02. The Kier molecular flexibility index (Phi) is 10.4. The van der Waals surface area contributed by atoms with Gasteiger partial charge >= 0.3 is 0 Å². The fourth-order valence-electron chi connectivity index (χ4n) is 3.53. The number of benzene rings is 2. The van der Waals surface area contributed by atoms with E-state index in [9.17, 15) is 4.79 Å². The molecule has 1 fully saturated rings. The highest BCUT2D eigenvalue weighted by Gasteiger charge is 2.20. The lowest BCUT2D eigenvalue weighted by Crippen LogP contribution is -2.49. The van der Waals surface area contributed by atoms with Crippen molar-refractivity contribution in [1.82, 2.24) is 10.2 Å². The molecule has 0 saturated carbocycles. The van der Waals surface area contributed by atoms with E-state index in [0.717, 1.165) is 31.9 Å². The van der Waals surface area contributed by atoms with Crippen molar-refractivity contribution in [1.29, 1.82) is 0 Å². The zero-order chi connectivity index (χ0) is 22.1. The maximum absolute atomic E-state index is 12.6. The normalized spacial score (nSPS) is 13.8. The second-order valence-electron chi connectivity index (χ2n) is 7.15. The highest BCUT2D eigenvalue weighted by molar-refractivity contribution is 14.0. The number of aliphatic imine (C=N–C) groups is 1. The van der Waals surface area contributed by atoms with Gasteiger partial charge in [-0.3, -0.25) is 9.79 Å². The molecule has 2 aromatic carbocycles. The first-order chi connectivity index (χ1) is 15.1. The van der Waals surface area contributed by atoms with Crippen LogP contribution in [-0.2, 0) is 4.79 Å². The molecule has 0 atom stereocenters. The molecule has 3 rings (SSSR count). The maximum atomic E-state index is 12.6. The van der Waals surface area contributed by atoms with Crippen molar-refractivity contribution in [2.45, 2.75) is 6.42 Å². The molecule has 174 valence electrons. The van der Waals surface area contributed by atoms with Gasteiger partial charge in [0.15, 0.2) is 17.5 Å². The van der Waals surface area contributed by atoms with Gasteiger partial charge in [-0.05, 0) is 24.3 Å². The van der Waals surface area contributed by atoms with Gasteiger partial charge in [0.1, 0.15) is 0 Å². The van der Waals surface area contributed by atoms with Gasteiger partial charge in [0.2, 0.25) is 5.91 Å². The van der Waals surface area contributed by atoms with Crippen molar-refractivity contribution in [3.8, 4) is 11.5 Å². The minimum Gasteiger partial charge on any atom is -0.493 e. The summed E-state index contributed by atoms with van der Waals surface area (Å²) in [5.74, 6) is 2.04. The fraction of sp³-hybridized carbons (Fsp3) is 0.391. The van der Waals surface area contributed by atoms with Gasteiger partial charge in [-0.25, -0.2) is 0 Å². The van der Waals surface area contributed by atoms with Crippen molar-refractivity contribution in [2.24, 2.45) is 4.99 Å². The Morgan fingerprint density at radius 3 is 2.31 bits per heavy atom. The number of halogens is 1. The molecule has 2 aromatic rings. The molecule has 1 aliphatic heterocycles. The molecular weight excluding hydrogens is 521 g/mol. The maximum Gasteiger partial charge on any atom is 0.224 e. The molecule has 0 spiro atoms. The summed E-state index contributed by atoms with van der Waals surface area (Å²) >= 11 is 0. The molecule has 2 N–H and O–H groups in total. The van der Waals surface area contributed by atoms with Crippen LogP contribution in [0.3, 0.4) is 0 Å². The summed E-state index contributed by atoms with van der Waals surface area (Å²) < 4.78 is 10.6. The Balaban J connectivity index is 0.00000363. The third-order valence-corrected chi connectivity index (χ3v) is 5.25. The van der Waals surface area contributed by atoms with E-state index >= 15 is 0 Å². The number of amides is 1. The van der Waals surface area contributed by atoms with E-state index < -0.39 is 0 Å². The average Bonchev–Trinajstić information content (AvgIpc) is 2.83. The lowest BCUT2D eigenvalue weighted by atomic mass is 10.2. The van der Waals surface area contributed by atoms with Gasteiger partial charge in [0.25, 0.3) is 0 Å².